The van der Waals surface area contributed by atoms with Gasteiger partial charge in [-0.05, 0) is 49.2 Å². The topological polar surface area (TPSA) is 90.8 Å². The molecule has 0 amide bonds. The number of hydrogen-bond donors (Lipinski definition) is 1. The lowest BCUT2D eigenvalue weighted by molar-refractivity contribution is -0.151. The number of carboxylic acids is 1. The molecule has 0 saturated heterocycles. The van der Waals surface area contributed by atoms with Crippen LogP contribution in [0.4, 0.5) is 0 Å². The number of nitrogens with zero attached hydrogens (tertiary/aromatic N) is 2. The van der Waals surface area contributed by atoms with Crippen LogP contribution < -0.4 is 9.47 Å². The van der Waals surface area contributed by atoms with Crippen LogP contribution in [0.2, 0.25) is 5.02 Å². The first-order chi connectivity index (χ1) is 14.5. The number of carbonyl (C=O) groups is 1. The van der Waals surface area contributed by atoms with Gasteiger partial charge in [-0.15, -0.1) is 0 Å². The minimum atomic E-state index is -0.749. The van der Waals surface area contributed by atoms with Crippen LogP contribution in [0.5, 0.6) is 11.6 Å². The van der Waals surface area contributed by atoms with E-state index in [2.05, 4.69) is 9.97 Å². The number of halogens is 1. The van der Waals surface area contributed by atoms with Gasteiger partial charge in [-0.2, -0.15) is 4.98 Å². The highest BCUT2D eigenvalue weighted by atomic mass is 35.5. The molecule has 1 heterocycles. The normalized spacial score (nSPS) is 18.1. The van der Waals surface area contributed by atoms with Gasteiger partial charge in [0, 0.05) is 5.56 Å². The Kier molecular flexibility index (Phi) is 6.01. The molecule has 1 saturated carbocycles. The fraction of sp³-hybridized carbons (Fsp3) is 0.318. The van der Waals surface area contributed by atoms with Gasteiger partial charge in [0.1, 0.15) is 12.4 Å². The first-order valence-corrected chi connectivity index (χ1v) is 10.0. The van der Waals surface area contributed by atoms with Crippen molar-refractivity contribution in [3.63, 3.8) is 0 Å². The lowest BCUT2D eigenvalue weighted by Gasteiger charge is -2.31. The molecule has 30 heavy (non-hydrogen) atoms. The molecule has 0 unspecified atom stereocenters. The number of aromatic nitrogens is 2. The number of rotatable bonds is 8. The lowest BCUT2D eigenvalue weighted by atomic mass is 9.82. The Bertz CT molecular complexity index is 1050. The van der Waals surface area contributed by atoms with Gasteiger partial charge in [0.15, 0.2) is 5.82 Å². The summed E-state index contributed by atoms with van der Waals surface area (Å²) in [6, 6.07) is 12.9. The molecule has 2 aromatic carbocycles. The van der Waals surface area contributed by atoms with Crippen molar-refractivity contribution < 1.29 is 24.1 Å². The number of aliphatic carboxylic acids is 1. The minimum absolute atomic E-state index is 0.0175. The van der Waals surface area contributed by atoms with Crippen LogP contribution in [-0.4, -0.2) is 47.5 Å². The quantitative estimate of drug-likeness (QED) is 0.537. The summed E-state index contributed by atoms with van der Waals surface area (Å²) in [6.45, 7) is 0.811. The van der Waals surface area contributed by atoms with Gasteiger partial charge in [-0.3, -0.25) is 4.79 Å². The summed E-state index contributed by atoms with van der Waals surface area (Å²) in [5.41, 5.74) is 1.45. The molecule has 1 N–H and O–H groups in total. The maximum Gasteiger partial charge on any atom is 0.306 e. The fourth-order valence-electron chi connectivity index (χ4n) is 3.35. The van der Waals surface area contributed by atoms with E-state index in [0.717, 1.165) is 10.9 Å². The predicted octanol–water partition coefficient (Wildman–Crippen LogP) is 4.22. The van der Waals surface area contributed by atoms with E-state index in [-0.39, 0.29) is 12.0 Å². The third-order valence-corrected chi connectivity index (χ3v) is 5.40. The Hall–Kier alpha value is -2.90. The van der Waals surface area contributed by atoms with Gasteiger partial charge in [0.05, 0.1) is 41.7 Å². The standard InChI is InChI=1S/C22H21ClN2O5/c1-28-21-17-3-2-4-18(23)19(17)24-20(25-21)13-5-7-15(8-6-13)29-9-10-30-16-11-14(12-16)22(26)27/h2-8,14,16H,9-12H2,1H3,(H,26,27). The van der Waals surface area contributed by atoms with Crippen molar-refractivity contribution in [1.29, 1.82) is 0 Å². The van der Waals surface area contributed by atoms with Crippen molar-refractivity contribution in [3.05, 3.63) is 47.5 Å². The van der Waals surface area contributed by atoms with Crippen molar-refractivity contribution in [3.8, 4) is 23.0 Å². The minimum Gasteiger partial charge on any atom is -0.491 e. The molecular formula is C22H21ClN2O5. The summed E-state index contributed by atoms with van der Waals surface area (Å²) in [6.07, 6.45) is 1.16. The van der Waals surface area contributed by atoms with Crippen LogP contribution >= 0.6 is 11.6 Å². The highest BCUT2D eigenvalue weighted by Crippen LogP contribution is 2.31. The molecule has 7 nitrogen and oxygen atoms in total. The molecule has 3 aromatic rings. The van der Waals surface area contributed by atoms with E-state index in [1.165, 1.54) is 0 Å². The second-order valence-electron chi connectivity index (χ2n) is 7.06. The summed E-state index contributed by atoms with van der Waals surface area (Å²) >= 11 is 6.30. The third kappa shape index (κ3) is 4.32. The van der Waals surface area contributed by atoms with Crippen LogP contribution in [-0.2, 0) is 9.53 Å². The molecule has 1 fully saturated rings. The van der Waals surface area contributed by atoms with Crippen LogP contribution in [0, 0.1) is 5.92 Å². The fourth-order valence-corrected chi connectivity index (χ4v) is 3.57. The molecule has 0 radical (unpaired) electrons. The van der Waals surface area contributed by atoms with Gasteiger partial charge in [-0.1, -0.05) is 17.7 Å². The Balaban J connectivity index is 1.37. The second kappa shape index (κ2) is 8.85. The molecule has 8 heteroatoms. The van der Waals surface area contributed by atoms with Gasteiger partial charge < -0.3 is 19.3 Å². The van der Waals surface area contributed by atoms with Crippen molar-refractivity contribution in [2.45, 2.75) is 18.9 Å². The number of benzene rings is 2. The first kappa shape index (κ1) is 20.4. The highest BCUT2D eigenvalue weighted by Gasteiger charge is 2.34. The van der Waals surface area contributed by atoms with Gasteiger partial charge in [-0.25, -0.2) is 4.98 Å². The van der Waals surface area contributed by atoms with Crippen molar-refractivity contribution in [2.24, 2.45) is 5.92 Å². The summed E-state index contributed by atoms with van der Waals surface area (Å²) in [4.78, 5) is 19.9. The molecule has 1 aliphatic carbocycles. The van der Waals surface area contributed by atoms with E-state index >= 15 is 0 Å². The number of hydrogen-bond acceptors (Lipinski definition) is 6. The highest BCUT2D eigenvalue weighted by molar-refractivity contribution is 6.35. The number of ether oxygens (including phenoxy) is 3. The Labute approximate surface area is 178 Å². The summed E-state index contributed by atoms with van der Waals surface area (Å²) in [5, 5.41) is 10.2. The van der Waals surface area contributed by atoms with E-state index in [9.17, 15) is 4.79 Å². The number of para-hydroxylation sites is 1. The van der Waals surface area contributed by atoms with E-state index < -0.39 is 5.97 Å². The van der Waals surface area contributed by atoms with Crippen LogP contribution in [0.1, 0.15) is 12.8 Å². The SMILES string of the molecule is COc1nc(-c2ccc(OCCOC3CC(C(=O)O)C3)cc2)nc2c(Cl)cccc12. The molecule has 0 bridgehead atoms. The Morgan fingerprint density at radius 1 is 1.13 bits per heavy atom. The largest absolute Gasteiger partial charge is 0.491 e. The van der Waals surface area contributed by atoms with Crippen LogP contribution in [0.3, 0.4) is 0 Å². The monoisotopic (exact) mass is 428 g/mol. The average molecular weight is 429 g/mol. The Morgan fingerprint density at radius 3 is 2.60 bits per heavy atom. The maximum atomic E-state index is 10.8. The molecule has 4 rings (SSSR count). The van der Waals surface area contributed by atoms with Crippen LogP contribution in [0.15, 0.2) is 42.5 Å². The molecule has 1 aliphatic rings. The predicted molar refractivity (Wildman–Crippen MR) is 112 cm³/mol. The van der Waals surface area contributed by atoms with Crippen LogP contribution in [0.25, 0.3) is 22.3 Å². The van der Waals surface area contributed by atoms with Gasteiger partial charge >= 0.3 is 5.97 Å². The van der Waals surface area contributed by atoms with Crippen molar-refractivity contribution >= 4 is 28.5 Å². The number of fused-ring (bicyclic) bond motifs is 1. The van der Waals surface area contributed by atoms with E-state index in [1.807, 2.05) is 36.4 Å². The van der Waals surface area contributed by atoms with Crippen molar-refractivity contribution in [2.75, 3.05) is 20.3 Å². The summed E-state index contributed by atoms with van der Waals surface area (Å²) in [5.74, 6) is 0.664. The molecular weight excluding hydrogens is 408 g/mol. The van der Waals surface area contributed by atoms with E-state index in [4.69, 9.17) is 30.9 Å². The Morgan fingerprint density at radius 2 is 1.90 bits per heavy atom. The zero-order chi connectivity index (χ0) is 21.1. The smallest absolute Gasteiger partial charge is 0.306 e. The molecule has 0 spiro atoms. The van der Waals surface area contributed by atoms with E-state index in [0.29, 0.717) is 54.0 Å². The zero-order valence-corrected chi connectivity index (χ0v) is 17.1. The second-order valence-corrected chi connectivity index (χ2v) is 7.47. The molecule has 1 aromatic heterocycles. The maximum absolute atomic E-state index is 10.8. The number of methoxy groups -OCH3 is 1. The van der Waals surface area contributed by atoms with Gasteiger partial charge in [0.25, 0.3) is 0 Å². The number of carboxylic acid groups (broad SMARTS) is 1. The van der Waals surface area contributed by atoms with Crippen molar-refractivity contribution in [1.82, 2.24) is 9.97 Å². The first-order valence-electron chi connectivity index (χ1n) is 9.63. The molecule has 0 atom stereocenters. The summed E-state index contributed by atoms with van der Waals surface area (Å²) in [7, 11) is 1.57. The third-order valence-electron chi connectivity index (χ3n) is 5.10. The lowest BCUT2D eigenvalue weighted by Crippen LogP contribution is -2.36. The molecule has 156 valence electrons. The molecule has 0 aliphatic heterocycles. The van der Waals surface area contributed by atoms with E-state index in [1.54, 1.807) is 13.2 Å². The summed E-state index contributed by atoms with van der Waals surface area (Å²) < 4.78 is 16.7. The average Bonchev–Trinajstić information content (AvgIpc) is 2.72. The zero-order valence-electron chi connectivity index (χ0n) is 16.4. The van der Waals surface area contributed by atoms with Gasteiger partial charge in [0.2, 0.25) is 5.88 Å².